The molecular formula is C14H21F2NO. The molecule has 0 bridgehead atoms. The van der Waals surface area contributed by atoms with Crippen molar-refractivity contribution in [3.63, 3.8) is 0 Å². The molecule has 0 radical (unpaired) electrons. The summed E-state index contributed by atoms with van der Waals surface area (Å²) in [5.41, 5.74) is 0.107. The third kappa shape index (κ3) is 5.45. The first kappa shape index (κ1) is 14.9. The molecule has 0 unspecified atom stereocenters. The normalized spacial score (nSPS) is 11.6. The Morgan fingerprint density at radius 3 is 2.56 bits per heavy atom. The highest BCUT2D eigenvalue weighted by molar-refractivity contribution is 5.24. The van der Waals surface area contributed by atoms with Gasteiger partial charge in [-0.05, 0) is 52.3 Å². The molecule has 1 N–H and O–H groups in total. The monoisotopic (exact) mass is 257 g/mol. The van der Waals surface area contributed by atoms with Crippen LogP contribution in [0.4, 0.5) is 8.78 Å². The molecule has 0 atom stereocenters. The Labute approximate surface area is 107 Å². The van der Waals surface area contributed by atoms with Crippen molar-refractivity contribution in [2.75, 3.05) is 13.2 Å². The van der Waals surface area contributed by atoms with Gasteiger partial charge < -0.3 is 10.1 Å². The second-order valence-corrected chi connectivity index (χ2v) is 5.28. The molecular weight excluding hydrogens is 236 g/mol. The smallest absolute Gasteiger partial charge is 0.200 e. The lowest BCUT2D eigenvalue weighted by Crippen LogP contribution is -2.36. The molecule has 0 aliphatic carbocycles. The number of hydrogen-bond acceptors (Lipinski definition) is 2. The molecule has 1 aromatic rings. The van der Waals surface area contributed by atoms with Crippen LogP contribution in [-0.2, 0) is 0 Å². The van der Waals surface area contributed by atoms with Gasteiger partial charge in [0.05, 0.1) is 6.61 Å². The first-order valence-electron chi connectivity index (χ1n) is 6.22. The van der Waals surface area contributed by atoms with Crippen LogP contribution in [0.3, 0.4) is 0 Å². The van der Waals surface area contributed by atoms with Gasteiger partial charge in [0.15, 0.2) is 11.6 Å². The standard InChI is InChI=1S/C14H21F2NO/c1-14(2,3)17-9-4-5-10-18-12-8-6-7-11(15)13(12)16/h6-8,17H,4-5,9-10H2,1-3H3. The Kier molecular flexibility index (Phi) is 5.54. The Bertz CT molecular complexity index is 375. The van der Waals surface area contributed by atoms with E-state index in [9.17, 15) is 8.78 Å². The number of unbranched alkanes of at least 4 members (excludes halogenated alkanes) is 1. The summed E-state index contributed by atoms with van der Waals surface area (Å²) in [5.74, 6) is -1.80. The maximum Gasteiger partial charge on any atom is 0.200 e. The molecule has 18 heavy (non-hydrogen) atoms. The minimum atomic E-state index is -0.912. The average molecular weight is 257 g/mol. The van der Waals surface area contributed by atoms with E-state index in [1.54, 1.807) is 0 Å². The van der Waals surface area contributed by atoms with E-state index in [1.807, 2.05) is 0 Å². The topological polar surface area (TPSA) is 21.3 Å². The quantitative estimate of drug-likeness (QED) is 0.787. The van der Waals surface area contributed by atoms with Crippen molar-refractivity contribution in [3.8, 4) is 5.75 Å². The van der Waals surface area contributed by atoms with Crippen molar-refractivity contribution >= 4 is 0 Å². The summed E-state index contributed by atoms with van der Waals surface area (Å²) in [7, 11) is 0. The van der Waals surface area contributed by atoms with Crippen molar-refractivity contribution in [2.45, 2.75) is 39.2 Å². The van der Waals surface area contributed by atoms with E-state index in [0.29, 0.717) is 6.61 Å². The molecule has 1 rings (SSSR count). The van der Waals surface area contributed by atoms with Crippen molar-refractivity contribution in [1.82, 2.24) is 5.32 Å². The lowest BCUT2D eigenvalue weighted by Gasteiger charge is -2.20. The molecule has 0 aromatic heterocycles. The van der Waals surface area contributed by atoms with Gasteiger partial charge in [-0.25, -0.2) is 4.39 Å². The first-order chi connectivity index (χ1) is 8.40. The Morgan fingerprint density at radius 1 is 1.17 bits per heavy atom. The summed E-state index contributed by atoms with van der Waals surface area (Å²) in [6, 6.07) is 3.95. The van der Waals surface area contributed by atoms with E-state index >= 15 is 0 Å². The SMILES string of the molecule is CC(C)(C)NCCCCOc1cccc(F)c1F. The molecule has 0 aliphatic heterocycles. The van der Waals surface area contributed by atoms with Gasteiger partial charge in [-0.15, -0.1) is 0 Å². The molecule has 0 saturated carbocycles. The summed E-state index contributed by atoms with van der Waals surface area (Å²) in [6.07, 6.45) is 1.74. The molecule has 0 heterocycles. The van der Waals surface area contributed by atoms with Crippen LogP contribution in [0.1, 0.15) is 33.6 Å². The molecule has 0 saturated heterocycles. The van der Waals surface area contributed by atoms with Crippen LogP contribution in [0, 0.1) is 11.6 Å². The number of rotatable bonds is 6. The summed E-state index contributed by atoms with van der Waals surface area (Å²) in [4.78, 5) is 0. The van der Waals surface area contributed by atoms with E-state index in [0.717, 1.165) is 25.5 Å². The van der Waals surface area contributed by atoms with Crippen molar-refractivity contribution in [1.29, 1.82) is 0 Å². The van der Waals surface area contributed by atoms with E-state index in [4.69, 9.17) is 4.74 Å². The highest BCUT2D eigenvalue weighted by Gasteiger charge is 2.09. The third-order valence-corrected chi connectivity index (χ3v) is 2.40. The van der Waals surface area contributed by atoms with Gasteiger partial charge in [-0.3, -0.25) is 0 Å². The molecule has 0 aliphatic rings. The summed E-state index contributed by atoms with van der Waals surface area (Å²) in [6.45, 7) is 7.59. The second-order valence-electron chi connectivity index (χ2n) is 5.28. The fourth-order valence-corrected chi connectivity index (χ4v) is 1.47. The van der Waals surface area contributed by atoms with Crippen LogP contribution in [0.2, 0.25) is 0 Å². The summed E-state index contributed by atoms with van der Waals surface area (Å²) >= 11 is 0. The van der Waals surface area contributed by atoms with Crippen molar-refractivity contribution < 1.29 is 13.5 Å². The van der Waals surface area contributed by atoms with Crippen molar-refractivity contribution in [2.24, 2.45) is 0 Å². The molecule has 0 spiro atoms. The van der Waals surface area contributed by atoms with Crippen LogP contribution in [-0.4, -0.2) is 18.7 Å². The molecule has 102 valence electrons. The lowest BCUT2D eigenvalue weighted by atomic mass is 10.1. The average Bonchev–Trinajstić information content (AvgIpc) is 2.27. The highest BCUT2D eigenvalue weighted by atomic mass is 19.2. The lowest BCUT2D eigenvalue weighted by molar-refractivity contribution is 0.283. The van der Waals surface area contributed by atoms with Gasteiger partial charge in [-0.2, -0.15) is 4.39 Å². The number of benzene rings is 1. The van der Waals surface area contributed by atoms with Gasteiger partial charge in [0.1, 0.15) is 0 Å². The number of halogens is 2. The van der Waals surface area contributed by atoms with Crippen molar-refractivity contribution in [3.05, 3.63) is 29.8 Å². The number of hydrogen-bond donors (Lipinski definition) is 1. The number of nitrogens with one attached hydrogen (secondary N) is 1. The van der Waals surface area contributed by atoms with Crippen LogP contribution < -0.4 is 10.1 Å². The van der Waals surface area contributed by atoms with Gasteiger partial charge in [0.25, 0.3) is 0 Å². The van der Waals surface area contributed by atoms with E-state index in [2.05, 4.69) is 26.1 Å². The van der Waals surface area contributed by atoms with Gasteiger partial charge >= 0.3 is 0 Å². The Morgan fingerprint density at radius 2 is 1.89 bits per heavy atom. The van der Waals surface area contributed by atoms with Gasteiger partial charge in [0.2, 0.25) is 5.82 Å². The highest BCUT2D eigenvalue weighted by Crippen LogP contribution is 2.19. The van der Waals surface area contributed by atoms with E-state index < -0.39 is 11.6 Å². The maximum atomic E-state index is 13.2. The second kappa shape index (κ2) is 6.69. The van der Waals surface area contributed by atoms with Crippen LogP contribution in [0.25, 0.3) is 0 Å². The van der Waals surface area contributed by atoms with E-state index in [1.165, 1.54) is 12.1 Å². The molecule has 0 amide bonds. The largest absolute Gasteiger partial charge is 0.490 e. The summed E-state index contributed by atoms with van der Waals surface area (Å²) in [5, 5.41) is 3.35. The van der Waals surface area contributed by atoms with Gasteiger partial charge in [0, 0.05) is 5.54 Å². The zero-order valence-corrected chi connectivity index (χ0v) is 11.2. The predicted octanol–water partition coefficient (Wildman–Crippen LogP) is 3.51. The minimum Gasteiger partial charge on any atom is -0.490 e. The zero-order chi connectivity index (χ0) is 13.6. The minimum absolute atomic E-state index is 0.0150. The van der Waals surface area contributed by atoms with Crippen LogP contribution in [0.5, 0.6) is 5.75 Å². The summed E-state index contributed by atoms with van der Waals surface area (Å²) < 4.78 is 31.3. The maximum absolute atomic E-state index is 13.2. The van der Waals surface area contributed by atoms with E-state index in [-0.39, 0.29) is 11.3 Å². The fraction of sp³-hybridized carbons (Fsp3) is 0.571. The van der Waals surface area contributed by atoms with Crippen LogP contribution in [0.15, 0.2) is 18.2 Å². The van der Waals surface area contributed by atoms with Crippen LogP contribution >= 0.6 is 0 Å². The fourth-order valence-electron chi connectivity index (χ4n) is 1.47. The molecule has 2 nitrogen and oxygen atoms in total. The zero-order valence-electron chi connectivity index (χ0n) is 11.2. The number of ether oxygens (including phenoxy) is 1. The molecule has 0 fully saturated rings. The Hall–Kier alpha value is -1.16. The third-order valence-electron chi connectivity index (χ3n) is 2.40. The predicted molar refractivity (Wildman–Crippen MR) is 68.8 cm³/mol. The Balaban J connectivity index is 2.20. The molecule has 1 aromatic carbocycles. The van der Waals surface area contributed by atoms with Gasteiger partial charge in [-0.1, -0.05) is 6.07 Å². The molecule has 4 heteroatoms. The first-order valence-corrected chi connectivity index (χ1v) is 6.22.